The van der Waals surface area contributed by atoms with Crippen molar-refractivity contribution in [2.24, 2.45) is 0 Å². The van der Waals surface area contributed by atoms with Gasteiger partial charge in [-0.2, -0.15) is 0 Å². The molecule has 0 bridgehead atoms. The van der Waals surface area contributed by atoms with Gasteiger partial charge in [0.1, 0.15) is 0 Å². The zero-order valence-electron chi connectivity index (χ0n) is 15.0. The Balaban J connectivity index is 1.99. The Bertz CT molecular complexity index is 822. The minimum atomic E-state index is -1.05. The second-order valence-corrected chi connectivity index (χ2v) is 5.62. The number of amides is 1. The number of nitrogens with zero attached hydrogens (tertiary/aromatic N) is 1. The van der Waals surface area contributed by atoms with Crippen LogP contribution in [0.4, 0.5) is 5.69 Å². The summed E-state index contributed by atoms with van der Waals surface area (Å²) in [5, 5.41) is 13.8. The molecule has 0 aromatic heterocycles. The van der Waals surface area contributed by atoms with Crippen molar-refractivity contribution < 1.29 is 24.0 Å². The van der Waals surface area contributed by atoms with Crippen LogP contribution in [0.5, 0.6) is 5.75 Å². The fourth-order valence-electron chi connectivity index (χ4n) is 2.28. The zero-order chi connectivity index (χ0) is 19.8. The summed E-state index contributed by atoms with van der Waals surface area (Å²) in [5.41, 5.74) is 0.534. The molecular formula is C19H20N2O6. The van der Waals surface area contributed by atoms with Crippen LogP contribution in [0.1, 0.15) is 29.8 Å². The molecule has 0 fully saturated rings. The molecule has 1 unspecified atom stereocenters. The highest BCUT2D eigenvalue weighted by molar-refractivity contribution is 5.93. The van der Waals surface area contributed by atoms with E-state index in [4.69, 9.17) is 9.47 Å². The van der Waals surface area contributed by atoms with Crippen LogP contribution in [0.15, 0.2) is 48.5 Å². The third-order valence-corrected chi connectivity index (χ3v) is 3.65. The average molecular weight is 372 g/mol. The summed E-state index contributed by atoms with van der Waals surface area (Å²) in [6, 6.07) is 13.0. The van der Waals surface area contributed by atoms with Gasteiger partial charge in [-0.1, -0.05) is 30.3 Å². The van der Waals surface area contributed by atoms with E-state index in [0.717, 1.165) is 11.6 Å². The Morgan fingerprint density at radius 2 is 1.89 bits per heavy atom. The summed E-state index contributed by atoms with van der Waals surface area (Å²) in [6.07, 6.45) is -1.05. The number of carbonyl (C=O) groups excluding carboxylic acids is 2. The maximum atomic E-state index is 12.2. The number of nitrogens with one attached hydrogen (secondary N) is 1. The van der Waals surface area contributed by atoms with Crippen LogP contribution in [0.2, 0.25) is 0 Å². The molecule has 0 heterocycles. The molecule has 27 heavy (non-hydrogen) atoms. The smallest absolute Gasteiger partial charge is 0.339 e. The van der Waals surface area contributed by atoms with Gasteiger partial charge in [0, 0.05) is 12.6 Å². The molecule has 0 spiro atoms. The lowest BCUT2D eigenvalue weighted by atomic mass is 10.2. The number of esters is 1. The third-order valence-electron chi connectivity index (χ3n) is 3.65. The van der Waals surface area contributed by atoms with E-state index >= 15 is 0 Å². The van der Waals surface area contributed by atoms with Crippen LogP contribution in [0.3, 0.4) is 0 Å². The van der Waals surface area contributed by atoms with Crippen molar-refractivity contribution in [1.29, 1.82) is 0 Å². The van der Waals surface area contributed by atoms with Gasteiger partial charge in [0.2, 0.25) is 0 Å². The molecule has 1 atom stereocenters. The third kappa shape index (κ3) is 5.53. The topological polar surface area (TPSA) is 108 Å². The molecule has 0 aliphatic heterocycles. The molecule has 0 saturated heterocycles. The van der Waals surface area contributed by atoms with E-state index in [1.165, 1.54) is 19.1 Å². The van der Waals surface area contributed by atoms with Crippen LogP contribution in [0.25, 0.3) is 0 Å². The molecule has 8 nitrogen and oxygen atoms in total. The van der Waals surface area contributed by atoms with Crippen LogP contribution in [0, 0.1) is 10.1 Å². The molecule has 8 heteroatoms. The molecule has 0 saturated carbocycles. The van der Waals surface area contributed by atoms with Crippen molar-refractivity contribution in [2.45, 2.75) is 26.5 Å². The first-order chi connectivity index (χ1) is 12.9. The van der Waals surface area contributed by atoms with Crippen LogP contribution in [-0.4, -0.2) is 29.5 Å². The predicted molar refractivity (Wildman–Crippen MR) is 97.4 cm³/mol. The lowest BCUT2D eigenvalue weighted by molar-refractivity contribution is -0.385. The molecule has 2 aromatic rings. The van der Waals surface area contributed by atoms with Gasteiger partial charge in [-0.05, 0) is 31.5 Å². The van der Waals surface area contributed by atoms with Crippen molar-refractivity contribution in [1.82, 2.24) is 5.32 Å². The van der Waals surface area contributed by atoms with Gasteiger partial charge in [-0.25, -0.2) is 4.79 Å². The maximum Gasteiger partial charge on any atom is 0.339 e. The van der Waals surface area contributed by atoms with Crippen molar-refractivity contribution in [3.05, 3.63) is 69.8 Å². The number of hydrogen-bond acceptors (Lipinski definition) is 6. The van der Waals surface area contributed by atoms with E-state index in [9.17, 15) is 19.7 Å². The second kappa shape index (κ2) is 9.33. The summed E-state index contributed by atoms with van der Waals surface area (Å²) >= 11 is 0. The van der Waals surface area contributed by atoms with Crippen LogP contribution in [-0.2, 0) is 16.1 Å². The van der Waals surface area contributed by atoms with Crippen LogP contribution < -0.4 is 10.1 Å². The largest absolute Gasteiger partial charge is 0.487 e. The quantitative estimate of drug-likeness (QED) is 0.434. The molecule has 0 aliphatic carbocycles. The fourth-order valence-corrected chi connectivity index (χ4v) is 2.28. The Morgan fingerprint density at radius 3 is 2.52 bits per heavy atom. The normalized spacial score (nSPS) is 11.3. The summed E-state index contributed by atoms with van der Waals surface area (Å²) in [7, 11) is 0. The highest BCUT2D eigenvalue weighted by Crippen LogP contribution is 2.28. The number of nitro groups is 1. The van der Waals surface area contributed by atoms with Gasteiger partial charge in [0.05, 0.1) is 17.1 Å². The standard InChI is InChI=1S/C19H20N2O6/c1-3-26-17-10-9-15(11-16(17)21(24)25)19(23)27-13(2)18(22)20-12-14-7-5-4-6-8-14/h4-11,13H,3,12H2,1-2H3,(H,20,22). The Hall–Kier alpha value is -3.42. The number of rotatable bonds is 8. The van der Waals surface area contributed by atoms with E-state index in [1.807, 2.05) is 30.3 Å². The van der Waals surface area contributed by atoms with Crippen molar-refractivity contribution >= 4 is 17.6 Å². The minimum absolute atomic E-state index is 0.0344. The van der Waals surface area contributed by atoms with E-state index < -0.39 is 22.9 Å². The Morgan fingerprint density at radius 1 is 1.19 bits per heavy atom. The highest BCUT2D eigenvalue weighted by Gasteiger charge is 2.22. The van der Waals surface area contributed by atoms with Crippen molar-refractivity contribution in [3.63, 3.8) is 0 Å². The number of nitro benzene ring substituents is 1. The van der Waals surface area contributed by atoms with Gasteiger partial charge < -0.3 is 14.8 Å². The van der Waals surface area contributed by atoms with Gasteiger partial charge in [-0.15, -0.1) is 0 Å². The zero-order valence-corrected chi connectivity index (χ0v) is 15.0. The fraction of sp³-hybridized carbons (Fsp3) is 0.263. The lowest BCUT2D eigenvalue weighted by Crippen LogP contribution is -2.35. The molecule has 0 aliphatic rings. The van der Waals surface area contributed by atoms with Gasteiger partial charge in [0.25, 0.3) is 5.91 Å². The van der Waals surface area contributed by atoms with E-state index in [0.29, 0.717) is 6.54 Å². The molecule has 2 rings (SSSR count). The summed E-state index contributed by atoms with van der Waals surface area (Å²) in [5.74, 6) is -1.23. The Kier molecular flexibility index (Phi) is 6.87. The minimum Gasteiger partial charge on any atom is -0.487 e. The first kappa shape index (κ1) is 19.9. The molecule has 1 N–H and O–H groups in total. The van der Waals surface area contributed by atoms with Crippen molar-refractivity contribution in [3.8, 4) is 5.75 Å². The number of hydrogen-bond donors (Lipinski definition) is 1. The molecule has 0 radical (unpaired) electrons. The summed E-state index contributed by atoms with van der Waals surface area (Å²) < 4.78 is 10.3. The van der Waals surface area contributed by atoms with Gasteiger partial charge in [-0.3, -0.25) is 14.9 Å². The van der Waals surface area contributed by atoms with Gasteiger partial charge in [0.15, 0.2) is 11.9 Å². The Labute approximate surface area is 156 Å². The number of benzene rings is 2. The van der Waals surface area contributed by atoms with Crippen LogP contribution >= 0.6 is 0 Å². The van der Waals surface area contributed by atoms with E-state index in [1.54, 1.807) is 6.92 Å². The van der Waals surface area contributed by atoms with Gasteiger partial charge >= 0.3 is 11.7 Å². The maximum absolute atomic E-state index is 12.2. The highest BCUT2D eigenvalue weighted by atomic mass is 16.6. The molecule has 142 valence electrons. The summed E-state index contributed by atoms with van der Waals surface area (Å²) in [6.45, 7) is 3.68. The predicted octanol–water partition coefficient (Wildman–Crippen LogP) is 2.86. The number of carbonyl (C=O) groups is 2. The second-order valence-electron chi connectivity index (χ2n) is 5.62. The first-order valence-electron chi connectivity index (χ1n) is 8.36. The lowest BCUT2D eigenvalue weighted by Gasteiger charge is -2.14. The SMILES string of the molecule is CCOc1ccc(C(=O)OC(C)C(=O)NCc2ccccc2)cc1[N+](=O)[O-]. The monoisotopic (exact) mass is 372 g/mol. The van der Waals surface area contributed by atoms with Crippen molar-refractivity contribution in [2.75, 3.05) is 6.61 Å². The summed E-state index contributed by atoms with van der Waals surface area (Å²) in [4.78, 5) is 34.8. The molecule has 2 aromatic carbocycles. The van der Waals surface area contributed by atoms with E-state index in [2.05, 4.69) is 5.32 Å². The van der Waals surface area contributed by atoms with E-state index in [-0.39, 0.29) is 23.6 Å². The molecule has 1 amide bonds. The first-order valence-corrected chi connectivity index (χ1v) is 8.36. The molecular weight excluding hydrogens is 352 g/mol. The average Bonchev–Trinajstić information content (AvgIpc) is 2.67. The number of ether oxygens (including phenoxy) is 2.